The maximum Gasteiger partial charge on any atom is 0.410 e. The van der Waals surface area contributed by atoms with Crippen LogP contribution in [0.4, 0.5) is 4.79 Å². The third kappa shape index (κ3) is 5.84. The molecule has 0 spiro atoms. The minimum atomic E-state index is -0.477. The molecule has 1 atom stereocenters. The van der Waals surface area contributed by atoms with Crippen molar-refractivity contribution in [2.45, 2.75) is 52.0 Å². The highest BCUT2D eigenvalue weighted by Gasteiger charge is 2.21. The highest BCUT2D eigenvalue weighted by molar-refractivity contribution is 5.67. The van der Waals surface area contributed by atoms with Crippen molar-refractivity contribution < 1.29 is 14.6 Å². The van der Waals surface area contributed by atoms with Crippen LogP contribution in [-0.4, -0.2) is 52.8 Å². The summed E-state index contributed by atoms with van der Waals surface area (Å²) in [4.78, 5) is 15.8. The molecule has 0 aromatic heterocycles. The number of likely N-dealkylation sites (tertiary alicyclic amines) is 1. The summed E-state index contributed by atoms with van der Waals surface area (Å²) in [5.41, 5.74) is 1.82. The van der Waals surface area contributed by atoms with Crippen LogP contribution in [-0.2, 0) is 17.8 Å². The quantitative estimate of drug-likeness (QED) is 0.926. The molecule has 1 aliphatic heterocycles. The van der Waals surface area contributed by atoms with Crippen LogP contribution in [0.3, 0.4) is 0 Å². The Labute approximate surface area is 138 Å². The van der Waals surface area contributed by atoms with Gasteiger partial charge in [-0.3, -0.25) is 4.90 Å². The van der Waals surface area contributed by atoms with Crippen molar-refractivity contribution in [3.8, 4) is 0 Å². The first-order valence-electron chi connectivity index (χ1n) is 8.15. The summed E-state index contributed by atoms with van der Waals surface area (Å²) in [7, 11) is 1.74. The minimum Gasteiger partial charge on any atom is -0.444 e. The molecule has 0 unspecified atom stereocenters. The number of nitrogens with zero attached hydrogens (tertiary/aromatic N) is 2. The Morgan fingerprint density at radius 3 is 2.43 bits per heavy atom. The molecule has 1 fully saturated rings. The molecule has 1 aromatic carbocycles. The molecular weight excluding hydrogens is 292 g/mol. The summed E-state index contributed by atoms with van der Waals surface area (Å²) in [6.45, 7) is 8.68. The minimum absolute atomic E-state index is 0.184. The lowest BCUT2D eigenvalue weighted by atomic mass is 10.1. The van der Waals surface area contributed by atoms with Crippen LogP contribution >= 0.6 is 0 Å². The van der Waals surface area contributed by atoms with E-state index in [9.17, 15) is 9.90 Å². The first kappa shape index (κ1) is 17.8. The maximum absolute atomic E-state index is 12.0. The van der Waals surface area contributed by atoms with Crippen molar-refractivity contribution in [2.24, 2.45) is 0 Å². The van der Waals surface area contributed by atoms with Gasteiger partial charge in [0.25, 0.3) is 0 Å². The monoisotopic (exact) mass is 320 g/mol. The van der Waals surface area contributed by atoms with Crippen molar-refractivity contribution in [1.82, 2.24) is 9.80 Å². The average Bonchev–Trinajstić information content (AvgIpc) is 2.84. The molecule has 1 saturated heterocycles. The Morgan fingerprint density at radius 1 is 1.30 bits per heavy atom. The fourth-order valence-corrected chi connectivity index (χ4v) is 2.64. The topological polar surface area (TPSA) is 53.0 Å². The van der Waals surface area contributed by atoms with Gasteiger partial charge in [0, 0.05) is 33.2 Å². The SMILES string of the molecule is CN(Cc1ccc(CN2CC[C@@H](O)C2)cc1)C(=O)OC(C)(C)C. The van der Waals surface area contributed by atoms with E-state index in [0.717, 1.165) is 31.6 Å². The number of ether oxygens (including phenoxy) is 1. The fourth-order valence-electron chi connectivity index (χ4n) is 2.64. The Hall–Kier alpha value is -1.59. The second-order valence-electron chi connectivity index (χ2n) is 7.33. The maximum atomic E-state index is 12.0. The van der Waals surface area contributed by atoms with E-state index in [-0.39, 0.29) is 12.2 Å². The van der Waals surface area contributed by atoms with E-state index in [1.54, 1.807) is 11.9 Å². The van der Waals surface area contributed by atoms with Crippen LogP contribution in [0.2, 0.25) is 0 Å². The Kier molecular flexibility index (Phi) is 5.65. The van der Waals surface area contributed by atoms with Gasteiger partial charge >= 0.3 is 6.09 Å². The van der Waals surface area contributed by atoms with Gasteiger partial charge in [-0.05, 0) is 38.3 Å². The molecular formula is C18H28N2O3. The lowest BCUT2D eigenvalue weighted by Crippen LogP contribution is -2.33. The molecule has 0 bridgehead atoms. The second-order valence-corrected chi connectivity index (χ2v) is 7.33. The predicted octanol–water partition coefficient (Wildman–Crippen LogP) is 2.62. The Morgan fingerprint density at radius 2 is 1.91 bits per heavy atom. The number of hydrogen-bond acceptors (Lipinski definition) is 4. The van der Waals surface area contributed by atoms with Crippen LogP contribution in [0.5, 0.6) is 0 Å². The number of aliphatic hydroxyl groups excluding tert-OH is 1. The number of β-amino-alcohol motifs (C(OH)–C–C–N with tert-alkyl or cyclic N) is 1. The van der Waals surface area contributed by atoms with Crippen molar-refractivity contribution in [3.05, 3.63) is 35.4 Å². The normalized spacial score (nSPS) is 18.9. The molecule has 1 amide bonds. The zero-order chi connectivity index (χ0) is 17.0. The second kappa shape index (κ2) is 7.32. The van der Waals surface area contributed by atoms with E-state index < -0.39 is 5.60 Å². The van der Waals surface area contributed by atoms with E-state index >= 15 is 0 Å². The summed E-state index contributed by atoms with van der Waals surface area (Å²) >= 11 is 0. The molecule has 128 valence electrons. The smallest absolute Gasteiger partial charge is 0.410 e. The molecule has 1 aliphatic rings. The highest BCUT2D eigenvalue weighted by Crippen LogP contribution is 2.15. The lowest BCUT2D eigenvalue weighted by molar-refractivity contribution is 0.0285. The van der Waals surface area contributed by atoms with Gasteiger partial charge < -0.3 is 14.7 Å². The molecule has 5 nitrogen and oxygen atoms in total. The van der Waals surface area contributed by atoms with Crippen molar-refractivity contribution >= 4 is 6.09 Å². The number of carbonyl (C=O) groups excluding carboxylic acids is 1. The fraction of sp³-hybridized carbons (Fsp3) is 0.611. The largest absolute Gasteiger partial charge is 0.444 e. The number of rotatable bonds is 4. The van der Waals surface area contributed by atoms with E-state index in [2.05, 4.69) is 17.0 Å². The van der Waals surface area contributed by atoms with Gasteiger partial charge in [-0.1, -0.05) is 24.3 Å². The predicted molar refractivity (Wildman–Crippen MR) is 90.0 cm³/mol. The molecule has 0 saturated carbocycles. The molecule has 1 N–H and O–H groups in total. The highest BCUT2D eigenvalue weighted by atomic mass is 16.6. The van der Waals surface area contributed by atoms with Gasteiger partial charge in [0.05, 0.1) is 6.10 Å². The summed E-state index contributed by atoms with van der Waals surface area (Å²) in [5.74, 6) is 0. The van der Waals surface area contributed by atoms with Crippen molar-refractivity contribution in [2.75, 3.05) is 20.1 Å². The van der Waals surface area contributed by atoms with Gasteiger partial charge in [-0.25, -0.2) is 4.79 Å². The average molecular weight is 320 g/mol. The summed E-state index contributed by atoms with van der Waals surface area (Å²) in [6.07, 6.45) is 0.364. The molecule has 1 aromatic rings. The van der Waals surface area contributed by atoms with Gasteiger partial charge in [0.2, 0.25) is 0 Å². The number of carbonyl (C=O) groups is 1. The van der Waals surface area contributed by atoms with Gasteiger partial charge in [0.15, 0.2) is 0 Å². The van der Waals surface area contributed by atoms with Gasteiger partial charge in [-0.15, -0.1) is 0 Å². The van der Waals surface area contributed by atoms with Gasteiger partial charge in [-0.2, -0.15) is 0 Å². The van der Waals surface area contributed by atoms with E-state index in [4.69, 9.17) is 4.74 Å². The summed E-state index contributed by atoms with van der Waals surface area (Å²) < 4.78 is 5.35. The number of benzene rings is 1. The molecule has 5 heteroatoms. The lowest BCUT2D eigenvalue weighted by Gasteiger charge is -2.24. The zero-order valence-corrected chi connectivity index (χ0v) is 14.6. The molecule has 1 heterocycles. The standard InChI is InChI=1S/C18H28N2O3/c1-18(2,3)23-17(22)19(4)11-14-5-7-15(8-6-14)12-20-10-9-16(21)13-20/h5-8,16,21H,9-13H2,1-4H3/t16-/m1/s1. The molecule has 0 radical (unpaired) electrons. The van der Waals surface area contributed by atoms with E-state index in [1.807, 2.05) is 32.9 Å². The van der Waals surface area contributed by atoms with Crippen LogP contribution in [0.1, 0.15) is 38.3 Å². The van der Waals surface area contributed by atoms with E-state index in [0.29, 0.717) is 6.54 Å². The third-order valence-corrected chi connectivity index (χ3v) is 3.80. The first-order chi connectivity index (χ1) is 10.7. The van der Waals surface area contributed by atoms with Crippen LogP contribution in [0.15, 0.2) is 24.3 Å². The number of amides is 1. The summed E-state index contributed by atoms with van der Waals surface area (Å²) in [5, 5.41) is 9.56. The third-order valence-electron chi connectivity index (χ3n) is 3.80. The first-order valence-corrected chi connectivity index (χ1v) is 8.15. The number of aliphatic hydroxyl groups is 1. The van der Waals surface area contributed by atoms with Crippen molar-refractivity contribution in [1.29, 1.82) is 0 Å². The zero-order valence-electron chi connectivity index (χ0n) is 14.6. The van der Waals surface area contributed by atoms with Crippen LogP contribution < -0.4 is 0 Å². The van der Waals surface area contributed by atoms with Gasteiger partial charge in [0.1, 0.15) is 5.60 Å². The van der Waals surface area contributed by atoms with Crippen molar-refractivity contribution in [3.63, 3.8) is 0 Å². The van der Waals surface area contributed by atoms with Crippen LogP contribution in [0.25, 0.3) is 0 Å². The Bertz CT molecular complexity index is 522. The molecule has 0 aliphatic carbocycles. The van der Waals surface area contributed by atoms with E-state index in [1.165, 1.54) is 5.56 Å². The Balaban J connectivity index is 1.86. The summed E-state index contributed by atoms with van der Waals surface area (Å²) in [6, 6.07) is 8.26. The number of hydrogen-bond donors (Lipinski definition) is 1. The van der Waals surface area contributed by atoms with Crippen LogP contribution in [0, 0.1) is 0 Å². The molecule has 2 rings (SSSR count). The molecule has 23 heavy (non-hydrogen) atoms.